The summed E-state index contributed by atoms with van der Waals surface area (Å²) in [7, 11) is -3.40. The fourth-order valence-corrected chi connectivity index (χ4v) is 2.79. The standard InChI is InChI=1S/C12H18BrNO2S/c1-9-7-10(5-6-11(9)13)17(15,16)14-8-12(2,3)4/h5-7,14H,8H2,1-4H3. The molecule has 0 amide bonds. The summed E-state index contributed by atoms with van der Waals surface area (Å²) < 4.78 is 27.6. The fourth-order valence-electron chi connectivity index (χ4n) is 1.18. The van der Waals surface area contributed by atoms with Crippen LogP contribution in [-0.2, 0) is 10.0 Å². The van der Waals surface area contributed by atoms with Gasteiger partial charge in [-0.2, -0.15) is 0 Å². The summed E-state index contributed by atoms with van der Waals surface area (Å²) in [5.74, 6) is 0. The van der Waals surface area contributed by atoms with Crippen LogP contribution in [0.4, 0.5) is 0 Å². The number of benzene rings is 1. The molecule has 0 heterocycles. The molecule has 0 bridgehead atoms. The zero-order chi connectivity index (χ0) is 13.3. The Morgan fingerprint density at radius 3 is 2.35 bits per heavy atom. The maximum atomic E-state index is 12.0. The third kappa shape index (κ3) is 4.41. The van der Waals surface area contributed by atoms with Crippen molar-refractivity contribution in [3.05, 3.63) is 28.2 Å². The molecule has 0 aromatic heterocycles. The molecule has 17 heavy (non-hydrogen) atoms. The lowest BCUT2D eigenvalue weighted by molar-refractivity contribution is 0.407. The average Bonchev–Trinajstić information content (AvgIpc) is 2.18. The van der Waals surface area contributed by atoms with Gasteiger partial charge in [-0.25, -0.2) is 13.1 Å². The summed E-state index contributed by atoms with van der Waals surface area (Å²) >= 11 is 3.35. The van der Waals surface area contributed by atoms with Gasteiger partial charge in [0.1, 0.15) is 0 Å². The number of nitrogens with one attached hydrogen (secondary N) is 1. The molecule has 0 unspecified atom stereocenters. The van der Waals surface area contributed by atoms with Gasteiger partial charge >= 0.3 is 0 Å². The highest BCUT2D eigenvalue weighted by Crippen LogP contribution is 2.20. The van der Waals surface area contributed by atoms with Gasteiger partial charge in [0.25, 0.3) is 0 Å². The lowest BCUT2D eigenvalue weighted by Gasteiger charge is -2.18. The molecule has 1 aromatic rings. The van der Waals surface area contributed by atoms with E-state index in [-0.39, 0.29) is 5.41 Å². The predicted molar refractivity (Wildman–Crippen MR) is 73.5 cm³/mol. The molecule has 0 aliphatic rings. The van der Waals surface area contributed by atoms with E-state index in [0.29, 0.717) is 11.4 Å². The van der Waals surface area contributed by atoms with Gasteiger partial charge in [-0.3, -0.25) is 0 Å². The molecule has 96 valence electrons. The first kappa shape index (κ1) is 14.7. The van der Waals surface area contributed by atoms with Gasteiger partial charge in [-0.1, -0.05) is 36.7 Å². The van der Waals surface area contributed by atoms with Crippen molar-refractivity contribution in [3.8, 4) is 0 Å². The Hall–Kier alpha value is -0.390. The first-order chi connectivity index (χ1) is 7.62. The molecule has 1 N–H and O–H groups in total. The van der Waals surface area contributed by atoms with E-state index < -0.39 is 10.0 Å². The van der Waals surface area contributed by atoms with E-state index in [1.807, 2.05) is 27.7 Å². The van der Waals surface area contributed by atoms with Gasteiger partial charge in [0.15, 0.2) is 0 Å². The Bertz CT molecular complexity index is 504. The molecule has 0 aliphatic carbocycles. The van der Waals surface area contributed by atoms with Gasteiger partial charge < -0.3 is 0 Å². The highest BCUT2D eigenvalue weighted by atomic mass is 79.9. The monoisotopic (exact) mass is 319 g/mol. The summed E-state index contributed by atoms with van der Waals surface area (Å²) in [6, 6.07) is 5.01. The molecule has 0 aliphatic heterocycles. The SMILES string of the molecule is Cc1cc(S(=O)(=O)NCC(C)(C)C)ccc1Br. The number of hydrogen-bond acceptors (Lipinski definition) is 2. The van der Waals surface area contributed by atoms with Crippen LogP contribution in [0.5, 0.6) is 0 Å². The largest absolute Gasteiger partial charge is 0.240 e. The van der Waals surface area contributed by atoms with Crippen LogP contribution in [0.1, 0.15) is 26.3 Å². The van der Waals surface area contributed by atoms with Crippen molar-refractivity contribution in [2.24, 2.45) is 5.41 Å². The minimum absolute atomic E-state index is 0.0719. The molecule has 0 saturated carbocycles. The topological polar surface area (TPSA) is 46.2 Å². The van der Waals surface area contributed by atoms with Crippen LogP contribution in [0.25, 0.3) is 0 Å². The van der Waals surface area contributed by atoms with E-state index >= 15 is 0 Å². The van der Waals surface area contributed by atoms with Crippen molar-refractivity contribution in [2.45, 2.75) is 32.6 Å². The third-order valence-corrected chi connectivity index (χ3v) is 4.52. The molecule has 0 spiro atoms. The van der Waals surface area contributed by atoms with Crippen molar-refractivity contribution in [2.75, 3.05) is 6.54 Å². The van der Waals surface area contributed by atoms with E-state index in [1.54, 1.807) is 18.2 Å². The zero-order valence-corrected chi connectivity index (χ0v) is 12.9. The second-order valence-corrected chi connectivity index (χ2v) is 7.92. The molecule has 0 atom stereocenters. The van der Waals surface area contributed by atoms with Gasteiger partial charge in [-0.15, -0.1) is 0 Å². The van der Waals surface area contributed by atoms with Crippen LogP contribution < -0.4 is 4.72 Å². The Labute approximate surface area is 112 Å². The molecule has 1 aromatic carbocycles. The van der Waals surface area contributed by atoms with E-state index in [4.69, 9.17) is 0 Å². The van der Waals surface area contributed by atoms with E-state index in [9.17, 15) is 8.42 Å². The average molecular weight is 320 g/mol. The van der Waals surface area contributed by atoms with Gasteiger partial charge in [-0.05, 0) is 36.1 Å². The van der Waals surface area contributed by atoms with Crippen LogP contribution in [-0.4, -0.2) is 15.0 Å². The normalized spacial score (nSPS) is 12.8. The van der Waals surface area contributed by atoms with E-state index in [2.05, 4.69) is 20.7 Å². The number of aryl methyl sites for hydroxylation is 1. The number of sulfonamides is 1. The molecular formula is C12H18BrNO2S. The van der Waals surface area contributed by atoms with Crippen molar-refractivity contribution < 1.29 is 8.42 Å². The number of rotatable bonds is 3. The lowest BCUT2D eigenvalue weighted by Crippen LogP contribution is -2.32. The van der Waals surface area contributed by atoms with Crippen LogP contribution in [0.15, 0.2) is 27.6 Å². The third-order valence-electron chi connectivity index (χ3n) is 2.23. The Morgan fingerprint density at radius 1 is 1.29 bits per heavy atom. The van der Waals surface area contributed by atoms with Crippen LogP contribution in [0.3, 0.4) is 0 Å². The van der Waals surface area contributed by atoms with Crippen LogP contribution >= 0.6 is 15.9 Å². The Morgan fingerprint density at radius 2 is 1.88 bits per heavy atom. The van der Waals surface area contributed by atoms with Gasteiger partial charge in [0, 0.05) is 11.0 Å². The summed E-state index contributed by atoms with van der Waals surface area (Å²) in [4.78, 5) is 0.308. The summed E-state index contributed by atoms with van der Waals surface area (Å²) in [5, 5.41) is 0. The second kappa shape index (κ2) is 5.08. The minimum Gasteiger partial charge on any atom is -0.211 e. The minimum atomic E-state index is -3.40. The first-order valence-corrected chi connectivity index (χ1v) is 7.65. The highest BCUT2D eigenvalue weighted by molar-refractivity contribution is 9.10. The predicted octanol–water partition coefficient (Wildman–Crippen LogP) is 3.08. The Kier molecular flexibility index (Phi) is 4.38. The summed E-state index contributed by atoms with van der Waals surface area (Å²) in [5.41, 5.74) is 0.834. The fraction of sp³-hybridized carbons (Fsp3) is 0.500. The van der Waals surface area contributed by atoms with Crippen LogP contribution in [0, 0.1) is 12.3 Å². The van der Waals surface area contributed by atoms with Crippen molar-refractivity contribution in [3.63, 3.8) is 0 Å². The second-order valence-electron chi connectivity index (χ2n) is 5.30. The quantitative estimate of drug-likeness (QED) is 0.930. The van der Waals surface area contributed by atoms with E-state index in [1.165, 1.54) is 0 Å². The zero-order valence-electron chi connectivity index (χ0n) is 10.5. The van der Waals surface area contributed by atoms with E-state index in [0.717, 1.165) is 10.0 Å². The first-order valence-electron chi connectivity index (χ1n) is 5.38. The van der Waals surface area contributed by atoms with Crippen LogP contribution in [0.2, 0.25) is 0 Å². The molecule has 3 nitrogen and oxygen atoms in total. The summed E-state index contributed by atoms with van der Waals surface area (Å²) in [6.07, 6.45) is 0. The van der Waals surface area contributed by atoms with Gasteiger partial charge in [0.05, 0.1) is 4.90 Å². The summed E-state index contributed by atoms with van der Waals surface area (Å²) in [6.45, 7) is 8.25. The number of hydrogen-bond donors (Lipinski definition) is 1. The highest BCUT2D eigenvalue weighted by Gasteiger charge is 2.18. The molecular weight excluding hydrogens is 302 g/mol. The molecule has 0 saturated heterocycles. The smallest absolute Gasteiger partial charge is 0.211 e. The molecule has 1 rings (SSSR count). The maximum absolute atomic E-state index is 12.0. The van der Waals surface area contributed by atoms with Crippen molar-refractivity contribution in [1.29, 1.82) is 0 Å². The van der Waals surface area contributed by atoms with Crippen molar-refractivity contribution in [1.82, 2.24) is 4.72 Å². The lowest BCUT2D eigenvalue weighted by atomic mass is 9.98. The molecule has 0 fully saturated rings. The van der Waals surface area contributed by atoms with Gasteiger partial charge in [0.2, 0.25) is 10.0 Å². The maximum Gasteiger partial charge on any atom is 0.240 e. The molecule has 5 heteroatoms. The Balaban J connectivity index is 2.94. The number of halogens is 1. The molecule has 0 radical (unpaired) electrons. The van der Waals surface area contributed by atoms with Crippen molar-refractivity contribution >= 4 is 26.0 Å².